The maximum atomic E-state index is 9.83. The molecular weight excluding hydrogens is 396 g/mol. The van der Waals surface area contributed by atoms with Crippen LogP contribution in [0.2, 0.25) is 0 Å². The molecule has 6 nitrogen and oxygen atoms in total. The van der Waals surface area contributed by atoms with Crippen molar-refractivity contribution in [3.05, 3.63) is 66.2 Å². The lowest BCUT2D eigenvalue weighted by Crippen LogP contribution is -2.51. The molecule has 2 aromatic heterocycles. The van der Waals surface area contributed by atoms with Crippen molar-refractivity contribution in [3.8, 4) is 28.6 Å². The first kappa shape index (κ1) is 19.0. The van der Waals surface area contributed by atoms with E-state index in [4.69, 9.17) is 15.8 Å². The van der Waals surface area contributed by atoms with Crippen LogP contribution >= 0.6 is 0 Å². The fraction of sp³-hybridized carbons (Fsp3) is 0.269. The fourth-order valence-corrected chi connectivity index (χ4v) is 4.84. The van der Waals surface area contributed by atoms with Gasteiger partial charge in [0.1, 0.15) is 23.1 Å². The summed E-state index contributed by atoms with van der Waals surface area (Å²) in [5.41, 5.74) is 11.2. The van der Waals surface area contributed by atoms with E-state index in [1.54, 1.807) is 0 Å². The van der Waals surface area contributed by atoms with Crippen LogP contribution in [-0.2, 0) is 0 Å². The molecule has 1 saturated carbocycles. The first-order valence-electron chi connectivity index (χ1n) is 11.2. The Balaban J connectivity index is 1.36. The van der Waals surface area contributed by atoms with Gasteiger partial charge in [-0.05, 0) is 44.5 Å². The second-order valence-electron chi connectivity index (χ2n) is 8.80. The third-order valence-electron chi connectivity index (χ3n) is 6.94. The van der Waals surface area contributed by atoms with E-state index >= 15 is 0 Å². The van der Waals surface area contributed by atoms with Gasteiger partial charge in [0.15, 0.2) is 0 Å². The highest BCUT2D eigenvalue weighted by atomic mass is 15.4. The van der Waals surface area contributed by atoms with Crippen molar-refractivity contribution in [1.29, 1.82) is 5.26 Å². The van der Waals surface area contributed by atoms with Crippen LogP contribution in [0.1, 0.15) is 30.9 Å². The number of benzene rings is 2. The number of hydrogen-bond acceptors (Lipinski definition) is 5. The number of hydrogen-bond donors (Lipinski definition) is 1. The van der Waals surface area contributed by atoms with Gasteiger partial charge in [0.25, 0.3) is 0 Å². The average Bonchev–Trinajstić information content (AvgIpc) is 3.10. The van der Waals surface area contributed by atoms with Crippen molar-refractivity contribution in [2.75, 3.05) is 18.8 Å². The summed E-state index contributed by atoms with van der Waals surface area (Å²) in [5.74, 6) is 0.473. The molecule has 6 heteroatoms. The van der Waals surface area contributed by atoms with Gasteiger partial charge in [0, 0.05) is 22.6 Å². The second kappa shape index (κ2) is 7.47. The van der Waals surface area contributed by atoms with Crippen LogP contribution < -0.4 is 5.73 Å². The monoisotopic (exact) mass is 420 g/mol. The molecule has 0 unspecified atom stereocenters. The van der Waals surface area contributed by atoms with E-state index in [0.717, 1.165) is 40.6 Å². The van der Waals surface area contributed by atoms with Crippen LogP contribution in [0.3, 0.4) is 0 Å². The number of aromatic nitrogens is 3. The van der Waals surface area contributed by atoms with Crippen molar-refractivity contribution >= 4 is 16.7 Å². The molecule has 2 fully saturated rings. The zero-order valence-corrected chi connectivity index (χ0v) is 17.8. The predicted octanol–water partition coefficient (Wildman–Crippen LogP) is 4.63. The molecule has 1 saturated heterocycles. The van der Waals surface area contributed by atoms with Crippen LogP contribution in [0.25, 0.3) is 33.4 Å². The maximum absolute atomic E-state index is 9.83. The Morgan fingerprint density at radius 3 is 2.44 bits per heavy atom. The normalized spacial score (nSPS) is 20.5. The van der Waals surface area contributed by atoms with E-state index in [0.29, 0.717) is 23.1 Å². The Morgan fingerprint density at radius 1 is 0.938 bits per heavy atom. The Morgan fingerprint density at radius 2 is 1.72 bits per heavy atom. The largest absolute Gasteiger partial charge is 0.383 e. The highest BCUT2D eigenvalue weighted by molar-refractivity contribution is 5.87. The third-order valence-corrected chi connectivity index (χ3v) is 6.94. The van der Waals surface area contributed by atoms with E-state index in [1.165, 1.54) is 19.5 Å². The van der Waals surface area contributed by atoms with E-state index < -0.39 is 0 Å². The summed E-state index contributed by atoms with van der Waals surface area (Å²) in [4.78, 5) is 7.40. The molecule has 0 amide bonds. The van der Waals surface area contributed by atoms with Crippen molar-refractivity contribution in [3.63, 3.8) is 0 Å². The molecule has 158 valence electrons. The van der Waals surface area contributed by atoms with Crippen LogP contribution in [0.15, 0.2) is 60.7 Å². The van der Waals surface area contributed by atoms with Crippen molar-refractivity contribution in [1.82, 2.24) is 19.7 Å². The van der Waals surface area contributed by atoms with Gasteiger partial charge in [-0.1, -0.05) is 48.5 Å². The minimum absolute atomic E-state index is 0.268. The van der Waals surface area contributed by atoms with Crippen LogP contribution in [0, 0.1) is 11.3 Å². The van der Waals surface area contributed by atoms with Crippen molar-refractivity contribution in [2.24, 2.45) is 0 Å². The molecule has 2 N–H and O–H groups in total. The Kier molecular flexibility index (Phi) is 4.44. The number of likely N-dealkylation sites (tertiary alicyclic amines) is 1. The summed E-state index contributed by atoms with van der Waals surface area (Å²) >= 11 is 0. The van der Waals surface area contributed by atoms with Gasteiger partial charge in [0.2, 0.25) is 0 Å². The number of rotatable bonds is 4. The van der Waals surface area contributed by atoms with E-state index in [-0.39, 0.29) is 6.04 Å². The quantitative estimate of drug-likeness (QED) is 0.520. The summed E-state index contributed by atoms with van der Waals surface area (Å²) in [6.45, 7) is 2.41. The standard InChI is InChI=1S/C26H24N6/c27-16-22-25(30-32(26(22)28)21-14-20(15-21)31-11-4-12-31)19-8-7-18-9-10-23(29-24(18)13-19)17-5-2-1-3-6-17/h1-3,5-10,13,20-21H,4,11-12,14-15,28H2. The first-order valence-corrected chi connectivity index (χ1v) is 11.2. The van der Waals surface area contributed by atoms with Gasteiger partial charge in [-0.3, -0.25) is 0 Å². The Bertz CT molecular complexity index is 1340. The zero-order valence-electron chi connectivity index (χ0n) is 17.8. The molecule has 1 aliphatic heterocycles. The topological polar surface area (TPSA) is 83.8 Å². The lowest BCUT2D eigenvalue weighted by molar-refractivity contribution is 0.0329. The number of nitriles is 1. The minimum Gasteiger partial charge on any atom is -0.383 e. The van der Waals surface area contributed by atoms with Gasteiger partial charge in [0.05, 0.1) is 17.3 Å². The molecule has 0 spiro atoms. The molecule has 0 radical (unpaired) electrons. The van der Waals surface area contributed by atoms with Gasteiger partial charge in [-0.25, -0.2) is 9.67 Å². The highest BCUT2D eigenvalue weighted by Crippen LogP contribution is 2.41. The highest BCUT2D eigenvalue weighted by Gasteiger charge is 2.38. The molecule has 0 atom stereocenters. The summed E-state index contributed by atoms with van der Waals surface area (Å²) < 4.78 is 1.88. The predicted molar refractivity (Wildman–Crippen MR) is 126 cm³/mol. The van der Waals surface area contributed by atoms with Gasteiger partial charge < -0.3 is 10.6 Å². The van der Waals surface area contributed by atoms with Gasteiger partial charge in [-0.2, -0.15) is 10.4 Å². The van der Waals surface area contributed by atoms with Crippen LogP contribution in [0.4, 0.5) is 5.82 Å². The van der Waals surface area contributed by atoms with E-state index in [1.807, 2.05) is 47.1 Å². The molecule has 4 aromatic rings. The fourth-order valence-electron chi connectivity index (χ4n) is 4.84. The number of fused-ring (bicyclic) bond motifs is 1. The number of nitrogens with two attached hydrogens (primary N) is 1. The molecule has 32 heavy (non-hydrogen) atoms. The molecule has 2 aliphatic rings. The van der Waals surface area contributed by atoms with Gasteiger partial charge >= 0.3 is 0 Å². The maximum Gasteiger partial charge on any atom is 0.140 e. The van der Waals surface area contributed by atoms with Gasteiger partial charge in [-0.15, -0.1) is 0 Å². The first-order chi connectivity index (χ1) is 15.7. The summed E-state index contributed by atoms with van der Waals surface area (Å²) in [5, 5.41) is 15.7. The van der Waals surface area contributed by atoms with Crippen LogP contribution in [0.5, 0.6) is 0 Å². The molecule has 6 rings (SSSR count). The SMILES string of the molecule is N#Cc1c(-c2ccc3ccc(-c4ccccc4)nc3c2)nn(C2CC(N3CCC3)C2)c1N. The lowest BCUT2D eigenvalue weighted by atomic mass is 9.84. The molecule has 0 bridgehead atoms. The average molecular weight is 421 g/mol. The number of pyridine rings is 1. The van der Waals surface area contributed by atoms with E-state index in [2.05, 4.69) is 29.2 Å². The minimum atomic E-state index is 0.268. The van der Waals surface area contributed by atoms with Crippen LogP contribution in [-0.4, -0.2) is 38.8 Å². The lowest BCUT2D eigenvalue weighted by Gasteiger charge is -2.47. The molecular formula is C26H24N6. The molecule has 3 heterocycles. The number of nitrogen functional groups attached to an aromatic ring is 1. The smallest absolute Gasteiger partial charge is 0.140 e. The molecule has 1 aliphatic carbocycles. The summed E-state index contributed by atoms with van der Waals surface area (Å²) in [6, 6.07) is 23.5. The summed E-state index contributed by atoms with van der Waals surface area (Å²) in [6.07, 6.45) is 3.40. The zero-order chi connectivity index (χ0) is 21.7. The second-order valence-corrected chi connectivity index (χ2v) is 8.80. The Labute approximate surface area is 186 Å². The Hall–Kier alpha value is -3.69. The summed E-state index contributed by atoms with van der Waals surface area (Å²) in [7, 11) is 0. The molecule has 2 aromatic carbocycles. The van der Waals surface area contributed by atoms with Crippen molar-refractivity contribution in [2.45, 2.75) is 31.3 Å². The number of anilines is 1. The van der Waals surface area contributed by atoms with Crippen molar-refractivity contribution < 1.29 is 0 Å². The number of nitrogens with zero attached hydrogens (tertiary/aromatic N) is 5. The van der Waals surface area contributed by atoms with E-state index in [9.17, 15) is 5.26 Å². The third kappa shape index (κ3) is 3.05.